The van der Waals surface area contributed by atoms with E-state index in [9.17, 15) is 0 Å². The van der Waals surface area contributed by atoms with E-state index in [4.69, 9.17) is 4.74 Å². The lowest BCUT2D eigenvalue weighted by molar-refractivity contribution is 0.202. The lowest BCUT2D eigenvalue weighted by atomic mass is 10.3. The molecule has 5 nitrogen and oxygen atoms in total. The zero-order chi connectivity index (χ0) is 13.5. The maximum Gasteiger partial charge on any atom is 0.193 e. The van der Waals surface area contributed by atoms with Crippen molar-refractivity contribution in [2.75, 3.05) is 58.4 Å². The number of methoxy groups -OCH3 is 1. The number of hydrogen-bond acceptors (Lipinski definition) is 4. The third kappa shape index (κ3) is 4.78. The Bertz CT molecular complexity index is 391. The Balaban J connectivity index is 0.00000200. The lowest BCUT2D eigenvalue weighted by Crippen LogP contribution is -2.52. The Kier molecular flexibility index (Phi) is 8.24. The van der Waals surface area contributed by atoms with Crippen molar-refractivity contribution in [2.24, 2.45) is 4.99 Å². The fourth-order valence-electron chi connectivity index (χ4n) is 2.19. The third-order valence-corrected chi connectivity index (χ3v) is 4.13. The molecule has 1 aromatic heterocycles. The monoisotopic (exact) mass is 410 g/mol. The van der Waals surface area contributed by atoms with Gasteiger partial charge >= 0.3 is 0 Å². The maximum atomic E-state index is 5.05. The number of halogens is 1. The molecule has 1 saturated heterocycles. The SMILES string of the molecule is CN=C(NCCOC)N1CCN(c2cccs2)CC1.I. The molecule has 2 rings (SSSR count). The average molecular weight is 410 g/mol. The molecular weight excluding hydrogens is 387 g/mol. The second kappa shape index (κ2) is 9.41. The highest BCUT2D eigenvalue weighted by molar-refractivity contribution is 14.0. The van der Waals surface area contributed by atoms with Gasteiger partial charge in [-0.1, -0.05) is 0 Å². The molecule has 1 N–H and O–H groups in total. The second-order valence-corrected chi connectivity index (χ2v) is 5.32. The van der Waals surface area contributed by atoms with E-state index in [0.29, 0.717) is 6.61 Å². The normalized spacial score (nSPS) is 16.0. The van der Waals surface area contributed by atoms with Crippen LogP contribution in [0.3, 0.4) is 0 Å². The van der Waals surface area contributed by atoms with Gasteiger partial charge in [-0.15, -0.1) is 35.3 Å². The molecule has 0 atom stereocenters. The summed E-state index contributed by atoms with van der Waals surface area (Å²) in [6.45, 7) is 5.61. The van der Waals surface area contributed by atoms with Crippen LogP contribution in [0.25, 0.3) is 0 Å². The van der Waals surface area contributed by atoms with Crippen LogP contribution in [0.2, 0.25) is 0 Å². The molecule has 0 unspecified atom stereocenters. The predicted molar refractivity (Wildman–Crippen MR) is 96.8 cm³/mol. The smallest absolute Gasteiger partial charge is 0.193 e. The number of anilines is 1. The summed E-state index contributed by atoms with van der Waals surface area (Å²) in [4.78, 5) is 9.07. The molecular formula is C13H23IN4OS. The van der Waals surface area contributed by atoms with Gasteiger partial charge in [0.25, 0.3) is 0 Å². The Morgan fingerprint density at radius 1 is 1.40 bits per heavy atom. The van der Waals surface area contributed by atoms with Gasteiger partial charge in [-0.05, 0) is 17.5 Å². The first-order valence-corrected chi connectivity index (χ1v) is 7.46. The van der Waals surface area contributed by atoms with Gasteiger partial charge in [0.1, 0.15) is 0 Å². The van der Waals surface area contributed by atoms with Crippen LogP contribution < -0.4 is 10.2 Å². The van der Waals surface area contributed by atoms with Crippen LogP contribution in [-0.2, 0) is 4.74 Å². The van der Waals surface area contributed by atoms with E-state index < -0.39 is 0 Å². The number of guanidine groups is 1. The molecule has 0 bridgehead atoms. The van der Waals surface area contributed by atoms with E-state index in [0.717, 1.165) is 38.7 Å². The van der Waals surface area contributed by atoms with E-state index in [1.54, 1.807) is 18.4 Å². The molecule has 0 radical (unpaired) electrons. The largest absolute Gasteiger partial charge is 0.383 e. The fraction of sp³-hybridized carbons (Fsp3) is 0.615. The summed E-state index contributed by atoms with van der Waals surface area (Å²) in [6.07, 6.45) is 0. The van der Waals surface area contributed by atoms with Crippen LogP contribution >= 0.6 is 35.3 Å². The molecule has 0 spiro atoms. The quantitative estimate of drug-likeness (QED) is 0.355. The standard InChI is InChI=1S/C13H22N4OS.HI/c1-14-13(15-5-10-18-2)17-8-6-16(7-9-17)12-4-3-11-19-12;/h3-4,11H,5-10H2,1-2H3,(H,14,15);1H. The van der Waals surface area contributed by atoms with Gasteiger partial charge in [0.15, 0.2) is 5.96 Å². The van der Waals surface area contributed by atoms with Crippen LogP contribution in [0.4, 0.5) is 5.00 Å². The summed E-state index contributed by atoms with van der Waals surface area (Å²) in [5, 5.41) is 6.82. The Morgan fingerprint density at radius 2 is 2.15 bits per heavy atom. The van der Waals surface area contributed by atoms with Crippen LogP contribution in [-0.4, -0.2) is 64.3 Å². The summed E-state index contributed by atoms with van der Waals surface area (Å²) in [7, 11) is 3.55. The van der Waals surface area contributed by atoms with Crippen LogP contribution in [0, 0.1) is 0 Å². The van der Waals surface area contributed by atoms with Gasteiger partial charge in [-0.3, -0.25) is 4.99 Å². The molecule has 0 saturated carbocycles. The van der Waals surface area contributed by atoms with Crippen molar-refractivity contribution in [1.29, 1.82) is 0 Å². The van der Waals surface area contributed by atoms with E-state index in [2.05, 4.69) is 37.6 Å². The molecule has 1 aromatic rings. The molecule has 1 aliphatic rings. The molecule has 114 valence electrons. The van der Waals surface area contributed by atoms with Gasteiger partial charge in [0, 0.05) is 46.9 Å². The third-order valence-electron chi connectivity index (χ3n) is 3.20. The van der Waals surface area contributed by atoms with Crippen molar-refractivity contribution >= 4 is 46.3 Å². The highest BCUT2D eigenvalue weighted by Crippen LogP contribution is 2.22. The summed E-state index contributed by atoms with van der Waals surface area (Å²) in [6, 6.07) is 4.30. The average Bonchev–Trinajstić information content (AvgIpc) is 2.98. The summed E-state index contributed by atoms with van der Waals surface area (Å²) in [5.41, 5.74) is 0. The molecule has 0 amide bonds. The first kappa shape index (κ1) is 17.5. The maximum absolute atomic E-state index is 5.05. The van der Waals surface area contributed by atoms with E-state index in [-0.39, 0.29) is 24.0 Å². The van der Waals surface area contributed by atoms with E-state index in [1.807, 2.05) is 7.05 Å². The van der Waals surface area contributed by atoms with Crippen molar-refractivity contribution in [1.82, 2.24) is 10.2 Å². The van der Waals surface area contributed by atoms with E-state index in [1.165, 1.54) is 5.00 Å². The van der Waals surface area contributed by atoms with Crippen molar-refractivity contribution in [3.05, 3.63) is 17.5 Å². The predicted octanol–water partition coefficient (Wildman–Crippen LogP) is 1.71. The summed E-state index contributed by atoms with van der Waals surface area (Å²) >= 11 is 1.81. The molecule has 0 aliphatic carbocycles. The highest BCUT2D eigenvalue weighted by Gasteiger charge is 2.19. The number of ether oxygens (including phenoxy) is 1. The molecule has 0 aromatic carbocycles. The number of thiophene rings is 1. The van der Waals surface area contributed by atoms with Crippen molar-refractivity contribution in [3.63, 3.8) is 0 Å². The van der Waals surface area contributed by atoms with Gasteiger partial charge in [0.2, 0.25) is 0 Å². The lowest BCUT2D eigenvalue weighted by Gasteiger charge is -2.37. The number of hydrogen-bond donors (Lipinski definition) is 1. The van der Waals surface area contributed by atoms with Gasteiger partial charge in [-0.2, -0.15) is 0 Å². The minimum Gasteiger partial charge on any atom is -0.383 e. The number of nitrogens with zero attached hydrogens (tertiary/aromatic N) is 3. The number of nitrogens with one attached hydrogen (secondary N) is 1. The van der Waals surface area contributed by atoms with Gasteiger partial charge in [-0.25, -0.2) is 0 Å². The molecule has 2 heterocycles. The van der Waals surface area contributed by atoms with Crippen LogP contribution in [0.1, 0.15) is 0 Å². The number of rotatable bonds is 4. The van der Waals surface area contributed by atoms with Crippen LogP contribution in [0.5, 0.6) is 0 Å². The van der Waals surface area contributed by atoms with Crippen LogP contribution in [0.15, 0.2) is 22.5 Å². The zero-order valence-electron chi connectivity index (χ0n) is 12.0. The Morgan fingerprint density at radius 3 is 2.70 bits per heavy atom. The Hall–Kier alpha value is -0.540. The highest BCUT2D eigenvalue weighted by atomic mass is 127. The molecule has 20 heavy (non-hydrogen) atoms. The Labute approximate surface area is 142 Å². The topological polar surface area (TPSA) is 40.1 Å². The van der Waals surface area contributed by atoms with Crippen molar-refractivity contribution in [2.45, 2.75) is 0 Å². The second-order valence-electron chi connectivity index (χ2n) is 4.39. The fourth-order valence-corrected chi connectivity index (χ4v) is 2.97. The number of piperazine rings is 1. The minimum atomic E-state index is 0. The van der Waals surface area contributed by atoms with Crippen molar-refractivity contribution in [3.8, 4) is 0 Å². The summed E-state index contributed by atoms with van der Waals surface area (Å²) < 4.78 is 5.05. The van der Waals surface area contributed by atoms with Gasteiger partial charge < -0.3 is 19.9 Å². The molecule has 7 heteroatoms. The van der Waals surface area contributed by atoms with Gasteiger partial charge in [0.05, 0.1) is 11.6 Å². The molecule has 1 aliphatic heterocycles. The summed E-state index contributed by atoms with van der Waals surface area (Å²) in [5.74, 6) is 0.975. The first-order chi connectivity index (χ1) is 9.35. The molecule has 1 fully saturated rings. The first-order valence-electron chi connectivity index (χ1n) is 6.58. The van der Waals surface area contributed by atoms with Crippen molar-refractivity contribution < 1.29 is 4.74 Å². The van der Waals surface area contributed by atoms with E-state index >= 15 is 0 Å². The minimum absolute atomic E-state index is 0. The zero-order valence-corrected chi connectivity index (χ0v) is 15.2. The number of aliphatic imine (C=N–C) groups is 1.